The summed E-state index contributed by atoms with van der Waals surface area (Å²) in [7, 11) is 0. The molecule has 144 valence electrons. The first-order valence-corrected chi connectivity index (χ1v) is 9.47. The third kappa shape index (κ3) is 4.56. The van der Waals surface area contributed by atoms with Crippen molar-refractivity contribution in [3.8, 4) is 0 Å². The average Bonchev–Trinajstić information content (AvgIpc) is 3.11. The van der Waals surface area contributed by atoms with Gasteiger partial charge >= 0.3 is 0 Å². The van der Waals surface area contributed by atoms with E-state index in [2.05, 4.69) is 36.3 Å². The molecule has 1 aromatic carbocycles. The second-order valence-corrected chi connectivity index (χ2v) is 8.36. The van der Waals surface area contributed by atoms with E-state index in [-0.39, 0.29) is 23.1 Å². The average molecular weight is 368 g/mol. The molecule has 1 atom stereocenters. The Morgan fingerprint density at radius 3 is 2.56 bits per heavy atom. The highest BCUT2D eigenvalue weighted by molar-refractivity contribution is 5.96. The van der Waals surface area contributed by atoms with Crippen LogP contribution in [0.4, 0.5) is 5.82 Å². The normalized spacial score (nSPS) is 17.6. The zero-order valence-electron chi connectivity index (χ0n) is 16.5. The van der Waals surface area contributed by atoms with E-state index in [1.807, 2.05) is 37.3 Å². The number of hydrogen-bond acceptors (Lipinski definition) is 3. The van der Waals surface area contributed by atoms with E-state index in [4.69, 9.17) is 0 Å². The minimum atomic E-state index is -0.220. The maximum absolute atomic E-state index is 12.7. The number of aromatic amines is 1. The topological polar surface area (TPSA) is 78.1 Å². The van der Waals surface area contributed by atoms with Crippen molar-refractivity contribution in [2.24, 2.45) is 5.92 Å². The van der Waals surface area contributed by atoms with Crippen molar-refractivity contribution in [1.82, 2.24) is 15.1 Å². The maximum atomic E-state index is 12.7. The fraction of sp³-hybridized carbons (Fsp3) is 0.476. The van der Waals surface area contributed by atoms with Crippen LogP contribution in [0, 0.1) is 12.8 Å². The maximum Gasteiger partial charge on any atom is 0.253 e. The Balaban J connectivity index is 1.63. The zero-order chi connectivity index (χ0) is 19.6. The van der Waals surface area contributed by atoms with Crippen LogP contribution in [0.25, 0.3) is 0 Å². The number of hydrogen-bond donors (Lipinski definition) is 2. The monoisotopic (exact) mass is 368 g/mol. The molecule has 1 saturated heterocycles. The van der Waals surface area contributed by atoms with Crippen LogP contribution < -0.4 is 5.32 Å². The van der Waals surface area contributed by atoms with E-state index < -0.39 is 0 Å². The van der Waals surface area contributed by atoms with Gasteiger partial charge in [0.2, 0.25) is 5.91 Å². The number of nitrogens with zero attached hydrogens (tertiary/aromatic N) is 2. The molecule has 1 fully saturated rings. The molecule has 2 amide bonds. The lowest BCUT2D eigenvalue weighted by Crippen LogP contribution is -2.43. The van der Waals surface area contributed by atoms with Crippen molar-refractivity contribution >= 4 is 17.6 Å². The van der Waals surface area contributed by atoms with Gasteiger partial charge in [-0.1, -0.05) is 38.5 Å². The molecule has 2 heterocycles. The molecule has 1 unspecified atom stereocenters. The summed E-state index contributed by atoms with van der Waals surface area (Å²) in [5.41, 5.74) is 2.70. The van der Waals surface area contributed by atoms with Crippen molar-refractivity contribution < 1.29 is 9.59 Å². The van der Waals surface area contributed by atoms with E-state index in [0.29, 0.717) is 24.5 Å². The van der Waals surface area contributed by atoms with Crippen LogP contribution in [0.3, 0.4) is 0 Å². The standard InChI is InChI=1S/C21H28N4O2/c1-14-7-9-15(10-8-14)20(27)25-11-5-6-16(13-25)19(26)22-18-12-17(23-24-18)21(2,3)4/h7-10,12,16H,5-6,11,13H2,1-4H3,(H2,22,23,24,26). The number of amides is 2. The summed E-state index contributed by atoms with van der Waals surface area (Å²) in [6.45, 7) is 9.38. The van der Waals surface area contributed by atoms with Gasteiger partial charge in [-0.25, -0.2) is 0 Å². The Kier molecular flexibility index (Phi) is 5.35. The van der Waals surface area contributed by atoms with Gasteiger partial charge in [-0.2, -0.15) is 5.10 Å². The van der Waals surface area contributed by atoms with E-state index in [0.717, 1.165) is 24.1 Å². The van der Waals surface area contributed by atoms with Gasteiger partial charge in [-0.3, -0.25) is 14.7 Å². The van der Waals surface area contributed by atoms with Crippen LogP contribution in [0.2, 0.25) is 0 Å². The third-order valence-corrected chi connectivity index (χ3v) is 5.02. The van der Waals surface area contributed by atoms with Gasteiger partial charge in [0.05, 0.1) is 5.92 Å². The van der Waals surface area contributed by atoms with Crippen LogP contribution in [-0.4, -0.2) is 40.0 Å². The quantitative estimate of drug-likeness (QED) is 0.870. The van der Waals surface area contributed by atoms with E-state index in [9.17, 15) is 9.59 Å². The summed E-state index contributed by atoms with van der Waals surface area (Å²) in [6.07, 6.45) is 1.60. The van der Waals surface area contributed by atoms with Crippen LogP contribution in [0.5, 0.6) is 0 Å². The Bertz CT molecular complexity index is 817. The molecule has 0 radical (unpaired) electrons. The number of benzene rings is 1. The molecule has 3 rings (SSSR count). The number of aromatic nitrogens is 2. The fourth-order valence-electron chi connectivity index (χ4n) is 3.25. The largest absolute Gasteiger partial charge is 0.338 e. The summed E-state index contributed by atoms with van der Waals surface area (Å²) in [6, 6.07) is 9.44. The molecule has 1 aromatic heterocycles. The Labute approximate surface area is 160 Å². The Morgan fingerprint density at radius 2 is 1.93 bits per heavy atom. The first kappa shape index (κ1) is 19.1. The molecule has 27 heavy (non-hydrogen) atoms. The SMILES string of the molecule is Cc1ccc(C(=O)N2CCCC(C(=O)Nc3cc(C(C)(C)C)[nH]n3)C2)cc1. The highest BCUT2D eigenvalue weighted by atomic mass is 16.2. The third-order valence-electron chi connectivity index (χ3n) is 5.02. The number of carbonyl (C=O) groups is 2. The molecule has 0 saturated carbocycles. The predicted octanol–water partition coefficient (Wildman–Crippen LogP) is 3.51. The predicted molar refractivity (Wildman–Crippen MR) is 106 cm³/mol. The molecule has 0 bridgehead atoms. The van der Waals surface area contributed by atoms with Gasteiger partial charge in [0.1, 0.15) is 0 Å². The molecule has 6 nitrogen and oxygen atoms in total. The molecular formula is C21H28N4O2. The number of H-pyrrole nitrogens is 1. The van der Waals surface area contributed by atoms with Gasteiger partial charge in [-0.05, 0) is 31.9 Å². The number of rotatable bonds is 3. The lowest BCUT2D eigenvalue weighted by Gasteiger charge is -2.32. The highest BCUT2D eigenvalue weighted by Gasteiger charge is 2.29. The highest BCUT2D eigenvalue weighted by Crippen LogP contribution is 2.24. The number of nitrogens with one attached hydrogen (secondary N) is 2. The van der Waals surface area contributed by atoms with E-state index in [1.54, 1.807) is 4.90 Å². The van der Waals surface area contributed by atoms with Gasteiger partial charge in [0.25, 0.3) is 5.91 Å². The lowest BCUT2D eigenvalue weighted by atomic mass is 9.92. The lowest BCUT2D eigenvalue weighted by molar-refractivity contribution is -0.121. The number of aryl methyl sites for hydroxylation is 1. The molecule has 2 aromatic rings. The van der Waals surface area contributed by atoms with Crippen molar-refractivity contribution in [3.05, 3.63) is 47.2 Å². The number of carbonyl (C=O) groups excluding carboxylic acids is 2. The minimum absolute atomic E-state index is 0.0118. The van der Waals surface area contributed by atoms with Crippen LogP contribution in [-0.2, 0) is 10.2 Å². The van der Waals surface area contributed by atoms with E-state index >= 15 is 0 Å². The van der Waals surface area contributed by atoms with Gasteiger partial charge in [0, 0.05) is 35.8 Å². The second kappa shape index (κ2) is 7.55. The van der Waals surface area contributed by atoms with Crippen molar-refractivity contribution in [3.63, 3.8) is 0 Å². The summed E-state index contributed by atoms with van der Waals surface area (Å²) in [5.74, 6) is 0.223. The molecule has 1 aliphatic heterocycles. The smallest absolute Gasteiger partial charge is 0.253 e. The van der Waals surface area contributed by atoms with Crippen LogP contribution in [0.1, 0.15) is 55.2 Å². The first-order chi connectivity index (χ1) is 12.7. The summed E-state index contributed by atoms with van der Waals surface area (Å²) in [4.78, 5) is 27.2. The molecule has 6 heteroatoms. The zero-order valence-corrected chi connectivity index (χ0v) is 16.5. The van der Waals surface area contributed by atoms with Crippen molar-refractivity contribution in [1.29, 1.82) is 0 Å². The summed E-state index contributed by atoms with van der Waals surface area (Å²) in [5, 5.41) is 10.1. The van der Waals surface area contributed by atoms with Gasteiger partial charge in [-0.15, -0.1) is 0 Å². The molecule has 1 aliphatic rings. The molecular weight excluding hydrogens is 340 g/mol. The molecule has 0 aliphatic carbocycles. The Morgan fingerprint density at radius 1 is 1.22 bits per heavy atom. The van der Waals surface area contributed by atoms with Crippen molar-refractivity contribution in [2.45, 2.75) is 46.0 Å². The number of anilines is 1. The van der Waals surface area contributed by atoms with Gasteiger partial charge < -0.3 is 10.2 Å². The fourth-order valence-corrected chi connectivity index (χ4v) is 3.25. The first-order valence-electron chi connectivity index (χ1n) is 9.47. The molecule has 0 spiro atoms. The van der Waals surface area contributed by atoms with Crippen LogP contribution in [0.15, 0.2) is 30.3 Å². The second-order valence-electron chi connectivity index (χ2n) is 8.36. The number of piperidine rings is 1. The van der Waals surface area contributed by atoms with E-state index in [1.165, 1.54) is 0 Å². The van der Waals surface area contributed by atoms with Gasteiger partial charge in [0.15, 0.2) is 5.82 Å². The van der Waals surface area contributed by atoms with Crippen molar-refractivity contribution in [2.75, 3.05) is 18.4 Å². The Hall–Kier alpha value is -2.63. The summed E-state index contributed by atoms with van der Waals surface area (Å²) < 4.78 is 0. The van der Waals surface area contributed by atoms with Crippen LogP contribution >= 0.6 is 0 Å². The molecule has 2 N–H and O–H groups in total. The minimum Gasteiger partial charge on any atom is -0.338 e. The summed E-state index contributed by atoms with van der Waals surface area (Å²) >= 11 is 0. The number of likely N-dealkylation sites (tertiary alicyclic amines) is 1.